The van der Waals surface area contributed by atoms with Gasteiger partial charge in [-0.1, -0.05) is 24.3 Å². The molecule has 2 aromatic carbocycles. The van der Waals surface area contributed by atoms with E-state index in [0.717, 1.165) is 21.9 Å². The Bertz CT molecular complexity index is 1360. The van der Waals surface area contributed by atoms with Gasteiger partial charge in [0.2, 0.25) is 5.69 Å². The number of nitrogens with zero attached hydrogens (tertiary/aromatic N) is 2. The van der Waals surface area contributed by atoms with Crippen molar-refractivity contribution >= 4 is 27.6 Å². The molecule has 0 atom stereocenters. The molecule has 2 heterocycles. The third kappa shape index (κ3) is 2.23. The van der Waals surface area contributed by atoms with E-state index in [9.17, 15) is 0 Å². The van der Waals surface area contributed by atoms with Gasteiger partial charge >= 0.3 is 0 Å². The van der Waals surface area contributed by atoms with Crippen LogP contribution in [0.1, 0.15) is 27.9 Å². The number of furan rings is 1. The van der Waals surface area contributed by atoms with E-state index in [4.69, 9.17) is 16.5 Å². The molecule has 128 valence electrons. The van der Waals surface area contributed by atoms with Crippen LogP contribution >= 0.6 is 0 Å². The van der Waals surface area contributed by atoms with Crippen molar-refractivity contribution in [3.05, 3.63) is 70.2 Å². The molecule has 2 aromatic heterocycles. The van der Waals surface area contributed by atoms with Gasteiger partial charge in [0, 0.05) is 33.4 Å². The number of benzene rings is 2. The zero-order valence-corrected chi connectivity index (χ0v) is 15.2. The molecular weight excluding hydrogens is 320 g/mol. The lowest BCUT2D eigenvalue weighted by atomic mass is 9.98. The number of hydrogen-bond donors (Lipinski definition) is 0. The lowest BCUT2D eigenvalue weighted by molar-refractivity contribution is -0.667. The first-order valence-corrected chi connectivity index (χ1v) is 8.40. The van der Waals surface area contributed by atoms with Crippen LogP contribution in [0.2, 0.25) is 0 Å². The van der Waals surface area contributed by atoms with Gasteiger partial charge in [0.05, 0.1) is 13.5 Å². The Morgan fingerprint density at radius 2 is 1.88 bits per heavy atom. The van der Waals surface area contributed by atoms with Gasteiger partial charge in [-0.05, 0) is 37.9 Å². The minimum absolute atomic E-state index is 0.173. The summed E-state index contributed by atoms with van der Waals surface area (Å²) >= 11 is 0. The first-order chi connectivity index (χ1) is 14.1. The van der Waals surface area contributed by atoms with Crippen molar-refractivity contribution < 1.29 is 14.5 Å². The molecular formula is C23H21N2O+. The quantitative estimate of drug-likeness (QED) is 0.313. The molecule has 3 nitrogen and oxygen atoms in total. The predicted octanol–water partition coefficient (Wildman–Crippen LogP) is 5.86. The maximum Gasteiger partial charge on any atom is 0.216 e. The van der Waals surface area contributed by atoms with Crippen molar-refractivity contribution in [3.8, 4) is 11.3 Å². The van der Waals surface area contributed by atoms with Crippen molar-refractivity contribution in [2.45, 2.75) is 27.6 Å². The Morgan fingerprint density at radius 3 is 2.62 bits per heavy atom. The van der Waals surface area contributed by atoms with Gasteiger partial charge in [-0.25, -0.2) is 4.85 Å². The Hall–Kier alpha value is -3.12. The van der Waals surface area contributed by atoms with Crippen LogP contribution < -0.4 is 4.57 Å². The highest BCUT2D eigenvalue weighted by Gasteiger charge is 2.23. The molecule has 0 amide bonds. The lowest BCUT2D eigenvalue weighted by Gasteiger charge is -2.10. The first kappa shape index (κ1) is 12.3. The van der Waals surface area contributed by atoms with Gasteiger partial charge in [0.15, 0.2) is 11.4 Å². The third-order valence-electron chi connectivity index (χ3n) is 5.08. The van der Waals surface area contributed by atoms with Crippen LogP contribution in [0, 0.1) is 34.2 Å². The molecule has 0 aliphatic carbocycles. The van der Waals surface area contributed by atoms with Crippen LogP contribution in [0.15, 0.2) is 40.8 Å². The zero-order chi connectivity index (χ0) is 22.0. The van der Waals surface area contributed by atoms with E-state index < -0.39 is 6.85 Å². The molecule has 3 heteroatoms. The van der Waals surface area contributed by atoms with Crippen molar-refractivity contribution in [2.24, 2.45) is 7.05 Å². The molecule has 4 rings (SSSR count). The minimum atomic E-state index is -2.29. The van der Waals surface area contributed by atoms with Crippen LogP contribution in [0.3, 0.4) is 0 Å². The molecule has 0 unspecified atom stereocenters. The second-order valence-electron chi connectivity index (χ2n) is 6.65. The average molecular weight is 345 g/mol. The summed E-state index contributed by atoms with van der Waals surface area (Å²) in [6.45, 7) is 10.4. The number of fused-ring (bicyclic) bond motifs is 3. The van der Waals surface area contributed by atoms with Gasteiger partial charge in [0.1, 0.15) is 18.2 Å². The highest BCUT2D eigenvalue weighted by atomic mass is 16.3. The average Bonchev–Trinajstić information content (AvgIpc) is 3.04. The molecule has 0 spiro atoms. The van der Waals surface area contributed by atoms with Crippen molar-refractivity contribution in [2.75, 3.05) is 0 Å². The molecule has 26 heavy (non-hydrogen) atoms. The smallest absolute Gasteiger partial charge is 0.216 e. The fourth-order valence-electron chi connectivity index (χ4n) is 3.45. The SMILES string of the molecule is [2H]c1c(C)c(C([2H])([2H])[2H])c(C)[n+](C)c1-c1c(C)ccc2c1oc1cc([N+]#[C-])ccc12. The lowest BCUT2D eigenvalue weighted by Crippen LogP contribution is -2.36. The fraction of sp³-hybridized carbons (Fsp3) is 0.217. The third-order valence-corrected chi connectivity index (χ3v) is 5.08. The summed E-state index contributed by atoms with van der Waals surface area (Å²) in [4.78, 5) is 3.48. The summed E-state index contributed by atoms with van der Waals surface area (Å²) in [6, 6.07) is 9.50. The maximum absolute atomic E-state index is 8.81. The van der Waals surface area contributed by atoms with E-state index in [1.54, 1.807) is 37.6 Å². The number of pyridine rings is 1. The summed E-state index contributed by atoms with van der Waals surface area (Å²) in [6.07, 6.45) is 0. The molecule has 0 radical (unpaired) electrons. The van der Waals surface area contributed by atoms with Gasteiger partial charge in [-0.15, -0.1) is 0 Å². The molecule has 0 aliphatic rings. The van der Waals surface area contributed by atoms with Crippen LogP contribution in [0.4, 0.5) is 5.69 Å². The summed E-state index contributed by atoms with van der Waals surface area (Å²) in [5.74, 6) is 0. The van der Waals surface area contributed by atoms with Gasteiger partial charge < -0.3 is 4.42 Å². The molecule has 4 aromatic rings. The van der Waals surface area contributed by atoms with E-state index >= 15 is 0 Å². The molecule has 0 aliphatic heterocycles. The monoisotopic (exact) mass is 345 g/mol. The van der Waals surface area contributed by atoms with Crippen LogP contribution in [0.25, 0.3) is 38.0 Å². The highest BCUT2D eigenvalue weighted by Crippen LogP contribution is 2.38. The maximum atomic E-state index is 8.81. The van der Waals surface area contributed by atoms with E-state index in [1.165, 1.54) is 0 Å². The summed E-state index contributed by atoms with van der Waals surface area (Å²) in [5.41, 5.74) is 5.33. The number of aryl methyl sites for hydroxylation is 1. The molecule has 0 bridgehead atoms. The van der Waals surface area contributed by atoms with Crippen LogP contribution in [-0.2, 0) is 7.05 Å². The summed E-state index contributed by atoms with van der Waals surface area (Å²) in [7, 11) is 1.79. The van der Waals surface area contributed by atoms with Gasteiger partial charge in [-0.3, -0.25) is 0 Å². The second kappa shape index (κ2) is 5.71. The molecule has 0 saturated carbocycles. The molecule has 0 saturated heterocycles. The van der Waals surface area contributed by atoms with Crippen molar-refractivity contribution in [1.82, 2.24) is 0 Å². The normalized spacial score (nSPS) is 14.0. The summed E-state index contributed by atoms with van der Waals surface area (Å²) in [5, 5.41) is 1.80. The number of aromatic nitrogens is 1. The minimum Gasteiger partial charge on any atom is -0.456 e. The fourth-order valence-corrected chi connectivity index (χ4v) is 3.45. The first-order valence-electron chi connectivity index (χ1n) is 10.4. The Morgan fingerprint density at radius 1 is 1.12 bits per heavy atom. The van der Waals surface area contributed by atoms with E-state index in [-0.39, 0.29) is 11.6 Å². The summed E-state index contributed by atoms with van der Waals surface area (Å²) < 4.78 is 40.5. The van der Waals surface area contributed by atoms with E-state index in [1.807, 2.05) is 25.1 Å². The van der Waals surface area contributed by atoms with Crippen molar-refractivity contribution in [3.63, 3.8) is 0 Å². The van der Waals surface area contributed by atoms with E-state index in [0.29, 0.717) is 33.8 Å². The van der Waals surface area contributed by atoms with Crippen LogP contribution in [0.5, 0.6) is 0 Å². The molecule has 0 N–H and O–H groups in total. The van der Waals surface area contributed by atoms with Crippen molar-refractivity contribution in [1.29, 1.82) is 0 Å². The van der Waals surface area contributed by atoms with Gasteiger partial charge in [0.25, 0.3) is 0 Å². The Balaban J connectivity index is 2.15. The molecule has 0 fully saturated rings. The van der Waals surface area contributed by atoms with Gasteiger partial charge in [-0.2, -0.15) is 4.57 Å². The van der Waals surface area contributed by atoms with E-state index in [2.05, 4.69) is 4.85 Å². The predicted molar refractivity (Wildman–Crippen MR) is 106 cm³/mol. The number of hydrogen-bond acceptors (Lipinski definition) is 1. The Labute approximate surface area is 158 Å². The van der Waals surface area contributed by atoms with Crippen LogP contribution in [-0.4, -0.2) is 0 Å². The largest absolute Gasteiger partial charge is 0.456 e. The standard InChI is InChI=1S/C23H21N2O/c1-13-7-9-19-18-10-8-17(24-5)12-21(18)26-23(19)22(13)20-11-14(2)15(3)16(4)25(20)6/h7-12H,1-4,6H3/q+1/i3D3,11D. The number of rotatable bonds is 1. The Kier molecular flexibility index (Phi) is 2.69. The highest BCUT2D eigenvalue weighted by molar-refractivity contribution is 6.10. The zero-order valence-electron chi connectivity index (χ0n) is 19.2. The topological polar surface area (TPSA) is 21.4 Å². The second-order valence-corrected chi connectivity index (χ2v) is 6.65.